The summed E-state index contributed by atoms with van der Waals surface area (Å²) in [7, 11) is 0. The molecule has 2 heterocycles. The van der Waals surface area contributed by atoms with Gasteiger partial charge in [0.1, 0.15) is 0 Å². The summed E-state index contributed by atoms with van der Waals surface area (Å²) in [6.45, 7) is 23.1. The Bertz CT molecular complexity index is 1170. The molecule has 6 nitrogen and oxygen atoms in total. The summed E-state index contributed by atoms with van der Waals surface area (Å²) in [6, 6.07) is 5.93. The van der Waals surface area contributed by atoms with E-state index in [1.165, 1.54) is 6.92 Å². The van der Waals surface area contributed by atoms with Crippen LogP contribution in [0, 0.1) is 11.3 Å². The number of esters is 1. The molecule has 1 unspecified atom stereocenters. The number of allylic oxidation sites excluding steroid dienone is 4. The van der Waals surface area contributed by atoms with Crippen molar-refractivity contribution in [2.24, 2.45) is 11.3 Å². The Hall–Kier alpha value is -3.12. The molecule has 0 saturated carbocycles. The van der Waals surface area contributed by atoms with Crippen LogP contribution in [0.1, 0.15) is 63.2 Å². The molecule has 37 heavy (non-hydrogen) atoms. The SMILES string of the molecule is C=CCCCc1nc(C[C@H]2CC(C(=C)C=C)c3cc(Cl)ccc3N(CC(C)(C)COC(C)=O)C2=C)no1. The number of fused-ring (bicyclic) bond motifs is 1. The Labute approximate surface area is 225 Å². The molecule has 0 aliphatic carbocycles. The minimum absolute atomic E-state index is 0.00602. The van der Waals surface area contributed by atoms with Gasteiger partial charge in [0.05, 0.1) is 6.61 Å². The number of unbranched alkanes of at least 4 members (excludes halogenated alkanes) is 1. The number of ether oxygens (including phenoxy) is 1. The van der Waals surface area contributed by atoms with Gasteiger partial charge in [-0.2, -0.15) is 4.98 Å². The normalized spacial score (nSPS) is 17.6. The molecular weight excluding hydrogens is 486 g/mol. The van der Waals surface area contributed by atoms with Crippen molar-refractivity contribution in [1.82, 2.24) is 10.1 Å². The van der Waals surface area contributed by atoms with Crippen molar-refractivity contribution in [3.8, 4) is 0 Å². The second kappa shape index (κ2) is 12.4. The van der Waals surface area contributed by atoms with Gasteiger partial charge in [0.25, 0.3) is 0 Å². The quantitative estimate of drug-likeness (QED) is 0.126. The van der Waals surface area contributed by atoms with Gasteiger partial charge in [-0.3, -0.25) is 4.79 Å². The van der Waals surface area contributed by atoms with E-state index in [-0.39, 0.29) is 23.2 Å². The number of hydrogen-bond donors (Lipinski definition) is 0. The smallest absolute Gasteiger partial charge is 0.302 e. The monoisotopic (exact) mass is 523 g/mol. The molecule has 1 aromatic carbocycles. The summed E-state index contributed by atoms with van der Waals surface area (Å²) in [6.07, 6.45) is 7.57. The van der Waals surface area contributed by atoms with Crippen molar-refractivity contribution in [2.75, 3.05) is 18.1 Å². The highest BCUT2D eigenvalue weighted by molar-refractivity contribution is 6.30. The van der Waals surface area contributed by atoms with Crippen molar-refractivity contribution < 1.29 is 14.1 Å². The first-order valence-electron chi connectivity index (χ1n) is 12.7. The van der Waals surface area contributed by atoms with E-state index in [4.69, 9.17) is 20.9 Å². The standard InChI is InChI=1S/C30H38ClN3O3/c1-8-10-11-12-29-32-28(33-37-29)16-23-15-25(20(3)9-2)26-17-24(31)13-14-27(26)34(21(23)4)18-30(6,7)19-36-22(5)35/h8-9,13-14,17,23,25H,1-4,10-12,15-16,18-19H2,5-7H3/t23-,25?/m1/s1. The van der Waals surface area contributed by atoms with E-state index in [1.54, 1.807) is 0 Å². The van der Waals surface area contributed by atoms with Crippen LogP contribution in [0.5, 0.6) is 0 Å². The average molecular weight is 524 g/mol. The molecule has 0 N–H and O–H groups in total. The highest BCUT2D eigenvalue weighted by Gasteiger charge is 2.36. The maximum Gasteiger partial charge on any atom is 0.302 e. The number of anilines is 1. The van der Waals surface area contributed by atoms with Gasteiger partial charge in [-0.25, -0.2) is 0 Å². The number of rotatable bonds is 12. The summed E-state index contributed by atoms with van der Waals surface area (Å²) < 4.78 is 10.9. The molecule has 198 valence electrons. The van der Waals surface area contributed by atoms with Crippen LogP contribution in [0.4, 0.5) is 5.69 Å². The highest BCUT2D eigenvalue weighted by atomic mass is 35.5. The molecule has 1 aliphatic rings. The molecule has 2 atom stereocenters. The Morgan fingerprint density at radius 3 is 2.78 bits per heavy atom. The van der Waals surface area contributed by atoms with Crippen molar-refractivity contribution in [3.63, 3.8) is 0 Å². The first-order chi connectivity index (χ1) is 17.5. The third-order valence-corrected chi connectivity index (χ3v) is 6.93. The molecule has 0 saturated heterocycles. The first-order valence-corrected chi connectivity index (χ1v) is 13.0. The van der Waals surface area contributed by atoms with Crippen molar-refractivity contribution in [1.29, 1.82) is 0 Å². The second-order valence-corrected chi connectivity index (χ2v) is 10.9. The fourth-order valence-corrected chi connectivity index (χ4v) is 4.90. The molecule has 1 aliphatic heterocycles. The van der Waals surface area contributed by atoms with E-state index in [0.29, 0.717) is 36.3 Å². The van der Waals surface area contributed by atoms with E-state index >= 15 is 0 Å². The van der Waals surface area contributed by atoms with Crippen LogP contribution in [0.3, 0.4) is 0 Å². The van der Waals surface area contributed by atoms with Crippen LogP contribution in [0.2, 0.25) is 5.02 Å². The van der Waals surface area contributed by atoms with Crippen molar-refractivity contribution in [2.45, 2.75) is 58.8 Å². The Kier molecular flexibility index (Phi) is 9.55. The largest absolute Gasteiger partial charge is 0.465 e. The third kappa shape index (κ3) is 7.45. The fourth-order valence-electron chi connectivity index (χ4n) is 4.72. The fraction of sp³-hybridized carbons (Fsp3) is 0.433. The maximum absolute atomic E-state index is 11.5. The number of aromatic nitrogens is 2. The average Bonchev–Trinajstić information content (AvgIpc) is 3.26. The van der Waals surface area contributed by atoms with Crippen LogP contribution in [-0.4, -0.2) is 29.3 Å². The number of nitrogens with zero attached hydrogens (tertiary/aromatic N) is 3. The van der Waals surface area contributed by atoms with Gasteiger partial charge in [0, 0.05) is 60.0 Å². The van der Waals surface area contributed by atoms with Crippen molar-refractivity contribution >= 4 is 23.3 Å². The first kappa shape index (κ1) is 28.5. The molecule has 3 rings (SSSR count). The lowest BCUT2D eigenvalue weighted by Crippen LogP contribution is -2.38. The molecule has 0 spiro atoms. The molecule has 0 amide bonds. The lowest BCUT2D eigenvalue weighted by molar-refractivity contribution is -0.143. The van der Waals surface area contributed by atoms with Gasteiger partial charge in [-0.1, -0.05) is 62.5 Å². The van der Waals surface area contributed by atoms with Crippen LogP contribution in [-0.2, 0) is 22.4 Å². The maximum atomic E-state index is 11.5. The van der Waals surface area contributed by atoms with E-state index in [1.807, 2.05) is 30.4 Å². The van der Waals surface area contributed by atoms with E-state index < -0.39 is 0 Å². The van der Waals surface area contributed by atoms with Gasteiger partial charge < -0.3 is 14.2 Å². The minimum Gasteiger partial charge on any atom is -0.465 e. The number of benzene rings is 1. The summed E-state index contributed by atoms with van der Waals surface area (Å²) in [5.41, 5.74) is 3.61. The number of halogens is 1. The number of hydrogen-bond acceptors (Lipinski definition) is 6. The molecule has 0 radical (unpaired) electrons. The van der Waals surface area contributed by atoms with Crippen LogP contribution in [0.15, 0.2) is 72.5 Å². The summed E-state index contributed by atoms with van der Waals surface area (Å²) >= 11 is 6.47. The predicted octanol–water partition coefficient (Wildman–Crippen LogP) is 7.23. The lowest BCUT2D eigenvalue weighted by Gasteiger charge is -2.36. The van der Waals surface area contributed by atoms with Gasteiger partial charge in [-0.15, -0.1) is 6.58 Å². The van der Waals surface area contributed by atoms with Crippen LogP contribution >= 0.6 is 11.6 Å². The summed E-state index contributed by atoms with van der Waals surface area (Å²) in [4.78, 5) is 18.4. The molecule has 1 aromatic heterocycles. The Morgan fingerprint density at radius 1 is 1.35 bits per heavy atom. The number of carbonyl (C=O) groups is 1. The molecule has 0 bridgehead atoms. The molecule has 0 fully saturated rings. The minimum atomic E-state index is -0.337. The molecular formula is C30H38ClN3O3. The van der Waals surface area contributed by atoms with Gasteiger partial charge in [0.15, 0.2) is 5.82 Å². The van der Waals surface area contributed by atoms with E-state index in [0.717, 1.165) is 48.2 Å². The lowest BCUT2D eigenvalue weighted by atomic mass is 9.82. The highest BCUT2D eigenvalue weighted by Crippen LogP contribution is 2.46. The molecule has 7 heteroatoms. The number of carbonyl (C=O) groups excluding carboxylic acids is 1. The summed E-state index contributed by atoms with van der Waals surface area (Å²) in [5, 5.41) is 4.92. The van der Waals surface area contributed by atoms with E-state index in [2.05, 4.69) is 55.2 Å². The zero-order valence-corrected chi connectivity index (χ0v) is 23.0. The predicted molar refractivity (Wildman–Crippen MR) is 150 cm³/mol. The van der Waals surface area contributed by atoms with Gasteiger partial charge in [-0.05, 0) is 48.6 Å². The molecule has 2 aromatic rings. The number of aryl methyl sites for hydroxylation is 1. The second-order valence-electron chi connectivity index (χ2n) is 10.5. The third-order valence-electron chi connectivity index (χ3n) is 6.69. The van der Waals surface area contributed by atoms with Gasteiger partial charge >= 0.3 is 5.97 Å². The summed E-state index contributed by atoms with van der Waals surface area (Å²) in [5.74, 6) is 1.00. The van der Waals surface area contributed by atoms with Gasteiger partial charge in [0.2, 0.25) is 5.89 Å². The Balaban J connectivity index is 1.98. The van der Waals surface area contributed by atoms with Crippen molar-refractivity contribution in [3.05, 3.63) is 90.2 Å². The van der Waals surface area contributed by atoms with Crippen LogP contribution in [0.25, 0.3) is 0 Å². The topological polar surface area (TPSA) is 68.5 Å². The Morgan fingerprint density at radius 2 is 2.11 bits per heavy atom. The van der Waals surface area contributed by atoms with E-state index in [9.17, 15) is 4.79 Å². The zero-order chi connectivity index (χ0) is 27.2. The van der Waals surface area contributed by atoms with Crippen LogP contribution < -0.4 is 4.90 Å². The zero-order valence-electron chi connectivity index (χ0n) is 22.3.